The molecule has 2 heterocycles. The van der Waals surface area contributed by atoms with Crippen LogP contribution in [-0.4, -0.2) is 32.3 Å². The zero-order valence-electron chi connectivity index (χ0n) is 15.9. The molecule has 0 radical (unpaired) electrons. The Morgan fingerprint density at radius 1 is 1.10 bits per heavy atom. The molecule has 0 fully saturated rings. The lowest BCUT2D eigenvalue weighted by molar-refractivity contribution is 0.0741. The topological polar surface area (TPSA) is 79.0 Å². The molecule has 0 aliphatic heterocycles. The largest absolute Gasteiger partial charge is 0.331 e. The molecule has 0 aliphatic rings. The molecule has 2 aromatic heterocycles. The van der Waals surface area contributed by atoms with Gasteiger partial charge in [-0.3, -0.25) is 14.6 Å². The van der Waals surface area contributed by atoms with Crippen LogP contribution in [0.1, 0.15) is 29.5 Å². The van der Waals surface area contributed by atoms with E-state index >= 15 is 0 Å². The Bertz CT molecular complexity index is 1260. The molecule has 4 aromatic rings. The summed E-state index contributed by atoms with van der Waals surface area (Å²) in [4.78, 5) is 39.0. The number of H-pyrrole nitrogens is 1. The van der Waals surface area contributed by atoms with Crippen LogP contribution in [0.5, 0.6) is 0 Å². The van der Waals surface area contributed by atoms with Gasteiger partial charge in [0.2, 0.25) is 0 Å². The van der Waals surface area contributed by atoms with Crippen molar-refractivity contribution in [3.63, 3.8) is 0 Å². The number of para-hydroxylation sites is 1. The molecule has 0 spiro atoms. The van der Waals surface area contributed by atoms with Crippen molar-refractivity contribution >= 4 is 39.3 Å². The maximum atomic E-state index is 13.3. The number of hydrogen-bond acceptors (Lipinski definition) is 4. The highest BCUT2D eigenvalue weighted by Gasteiger charge is 2.19. The van der Waals surface area contributed by atoms with Gasteiger partial charge in [0, 0.05) is 23.2 Å². The van der Waals surface area contributed by atoms with Crippen molar-refractivity contribution in [2.24, 2.45) is 0 Å². The number of benzene rings is 2. The number of amides is 1. The first-order valence-corrected chi connectivity index (χ1v) is 9.76. The van der Waals surface area contributed by atoms with Crippen LogP contribution in [0.3, 0.4) is 0 Å². The van der Waals surface area contributed by atoms with Gasteiger partial charge >= 0.3 is 0 Å². The minimum absolute atomic E-state index is 0.126. The molecule has 2 aromatic carbocycles. The second-order valence-corrected chi connectivity index (χ2v) is 7.21. The number of nitrogens with one attached hydrogen (secondary N) is 1. The number of nitrogens with zero attached hydrogens (tertiary/aromatic N) is 3. The molecule has 0 saturated carbocycles. The fraction of sp³-hybridized carbons (Fsp3) is 0.182. The van der Waals surface area contributed by atoms with E-state index in [1.165, 1.54) is 0 Å². The van der Waals surface area contributed by atoms with E-state index in [-0.39, 0.29) is 18.0 Å². The summed E-state index contributed by atoms with van der Waals surface area (Å²) >= 11 is 6.04. The summed E-state index contributed by atoms with van der Waals surface area (Å²) in [6, 6.07) is 14.2. The SMILES string of the molecule is CCCN(Cc1nc2cc(Cl)ccc2c(=O)[nH]1)C(=O)c1ccnc2ccccc12. The highest BCUT2D eigenvalue weighted by Crippen LogP contribution is 2.20. The zero-order chi connectivity index (χ0) is 20.4. The van der Waals surface area contributed by atoms with Crippen LogP contribution < -0.4 is 5.56 Å². The van der Waals surface area contributed by atoms with Gasteiger partial charge in [0.25, 0.3) is 11.5 Å². The number of carbonyl (C=O) groups excluding carboxylic acids is 1. The van der Waals surface area contributed by atoms with Crippen LogP contribution in [0, 0.1) is 0 Å². The molecule has 0 unspecified atom stereocenters. The number of pyridine rings is 1. The average molecular weight is 407 g/mol. The van der Waals surface area contributed by atoms with Gasteiger partial charge in [-0.05, 0) is 36.8 Å². The highest BCUT2D eigenvalue weighted by molar-refractivity contribution is 6.31. The Balaban J connectivity index is 1.72. The van der Waals surface area contributed by atoms with E-state index in [1.807, 2.05) is 31.2 Å². The minimum atomic E-state index is -0.250. The predicted molar refractivity (Wildman–Crippen MR) is 114 cm³/mol. The quantitative estimate of drug-likeness (QED) is 0.539. The first-order valence-electron chi connectivity index (χ1n) is 9.38. The van der Waals surface area contributed by atoms with Crippen LogP contribution >= 0.6 is 11.6 Å². The van der Waals surface area contributed by atoms with Gasteiger partial charge in [0.1, 0.15) is 5.82 Å². The average Bonchev–Trinajstić information content (AvgIpc) is 2.72. The molecular formula is C22H19ClN4O2. The lowest BCUT2D eigenvalue weighted by Gasteiger charge is -2.22. The number of aromatic nitrogens is 3. The summed E-state index contributed by atoms with van der Waals surface area (Å²) in [5, 5.41) is 1.77. The number of hydrogen-bond donors (Lipinski definition) is 1. The second-order valence-electron chi connectivity index (χ2n) is 6.78. The van der Waals surface area contributed by atoms with Crippen molar-refractivity contribution in [1.82, 2.24) is 19.9 Å². The molecular weight excluding hydrogens is 388 g/mol. The standard InChI is InChI=1S/C22H19ClN4O2/c1-2-11-27(22(29)16-9-10-24-18-6-4-3-5-15(16)18)13-20-25-19-12-14(23)7-8-17(19)21(28)26-20/h3-10,12H,2,11,13H2,1H3,(H,25,26,28). The molecule has 0 saturated heterocycles. The maximum Gasteiger partial charge on any atom is 0.258 e. The zero-order valence-corrected chi connectivity index (χ0v) is 16.6. The van der Waals surface area contributed by atoms with Gasteiger partial charge in [-0.25, -0.2) is 4.98 Å². The molecule has 6 nitrogen and oxygen atoms in total. The van der Waals surface area contributed by atoms with Gasteiger partial charge in [-0.1, -0.05) is 36.7 Å². The molecule has 0 bridgehead atoms. The Morgan fingerprint density at radius 2 is 1.93 bits per heavy atom. The monoisotopic (exact) mass is 406 g/mol. The third-order valence-electron chi connectivity index (χ3n) is 4.72. The third-order valence-corrected chi connectivity index (χ3v) is 4.95. The van der Waals surface area contributed by atoms with Crippen molar-refractivity contribution < 1.29 is 4.79 Å². The van der Waals surface area contributed by atoms with E-state index in [4.69, 9.17) is 11.6 Å². The predicted octanol–water partition coefficient (Wildman–Crippen LogP) is 4.18. The Morgan fingerprint density at radius 3 is 2.76 bits per heavy atom. The molecule has 4 rings (SSSR count). The summed E-state index contributed by atoms with van der Waals surface area (Å²) in [6.07, 6.45) is 2.41. The highest BCUT2D eigenvalue weighted by atomic mass is 35.5. The van der Waals surface area contributed by atoms with Crippen molar-refractivity contribution in [1.29, 1.82) is 0 Å². The number of carbonyl (C=O) groups is 1. The van der Waals surface area contributed by atoms with Gasteiger partial charge < -0.3 is 9.88 Å². The molecule has 1 amide bonds. The van der Waals surface area contributed by atoms with Crippen LogP contribution in [0.25, 0.3) is 21.8 Å². The first-order chi connectivity index (χ1) is 14.1. The Kier molecular flexibility index (Phi) is 5.27. The van der Waals surface area contributed by atoms with Crippen LogP contribution in [-0.2, 0) is 6.54 Å². The van der Waals surface area contributed by atoms with Gasteiger partial charge in [0.15, 0.2) is 0 Å². The van der Waals surface area contributed by atoms with Gasteiger partial charge in [0.05, 0.1) is 28.5 Å². The fourth-order valence-electron chi connectivity index (χ4n) is 3.39. The lowest BCUT2D eigenvalue weighted by atomic mass is 10.1. The second kappa shape index (κ2) is 8.01. The lowest BCUT2D eigenvalue weighted by Crippen LogP contribution is -2.33. The molecule has 0 aliphatic carbocycles. The van der Waals surface area contributed by atoms with E-state index in [9.17, 15) is 9.59 Å². The fourth-order valence-corrected chi connectivity index (χ4v) is 3.56. The summed E-state index contributed by atoms with van der Waals surface area (Å²) in [6.45, 7) is 2.73. The molecule has 1 N–H and O–H groups in total. The van der Waals surface area contributed by atoms with E-state index in [1.54, 1.807) is 35.4 Å². The van der Waals surface area contributed by atoms with Crippen LogP contribution in [0.4, 0.5) is 0 Å². The summed E-state index contributed by atoms with van der Waals surface area (Å²) < 4.78 is 0. The van der Waals surface area contributed by atoms with E-state index < -0.39 is 0 Å². The molecule has 7 heteroatoms. The Labute approximate surface area is 172 Å². The molecule has 0 atom stereocenters. The van der Waals surface area contributed by atoms with Crippen LogP contribution in [0.2, 0.25) is 5.02 Å². The smallest absolute Gasteiger partial charge is 0.258 e. The summed E-state index contributed by atoms with van der Waals surface area (Å²) in [5.74, 6) is 0.296. The van der Waals surface area contributed by atoms with Crippen LogP contribution in [0.15, 0.2) is 59.5 Å². The normalized spacial score (nSPS) is 11.1. The van der Waals surface area contributed by atoms with Crippen molar-refractivity contribution in [2.75, 3.05) is 6.54 Å². The van der Waals surface area contributed by atoms with Crippen molar-refractivity contribution in [3.05, 3.63) is 81.5 Å². The van der Waals surface area contributed by atoms with Crippen molar-refractivity contribution in [2.45, 2.75) is 19.9 Å². The van der Waals surface area contributed by atoms with E-state index in [0.717, 1.165) is 17.3 Å². The minimum Gasteiger partial charge on any atom is -0.331 e. The molecule has 29 heavy (non-hydrogen) atoms. The molecule has 146 valence electrons. The third kappa shape index (κ3) is 3.84. The Hall–Kier alpha value is -3.25. The van der Waals surface area contributed by atoms with E-state index in [0.29, 0.717) is 33.9 Å². The first kappa shape index (κ1) is 19.1. The van der Waals surface area contributed by atoms with E-state index in [2.05, 4.69) is 15.0 Å². The number of halogens is 1. The number of fused-ring (bicyclic) bond motifs is 2. The summed E-state index contributed by atoms with van der Waals surface area (Å²) in [7, 11) is 0. The van der Waals surface area contributed by atoms with Gasteiger partial charge in [-0.15, -0.1) is 0 Å². The maximum absolute atomic E-state index is 13.3. The summed E-state index contributed by atoms with van der Waals surface area (Å²) in [5.41, 5.74) is 1.60. The van der Waals surface area contributed by atoms with Crippen molar-refractivity contribution in [3.8, 4) is 0 Å². The number of rotatable bonds is 5. The van der Waals surface area contributed by atoms with Gasteiger partial charge in [-0.2, -0.15) is 0 Å². The number of aromatic amines is 1.